The van der Waals surface area contributed by atoms with Crippen molar-refractivity contribution >= 4 is 52.3 Å². The Kier molecular flexibility index (Phi) is 6.55. The van der Waals surface area contributed by atoms with E-state index < -0.39 is 17.4 Å². The van der Waals surface area contributed by atoms with Crippen LogP contribution in [-0.4, -0.2) is 41.4 Å². The molecule has 1 aromatic heterocycles. The number of amides is 3. The van der Waals surface area contributed by atoms with E-state index in [9.17, 15) is 14.4 Å². The Morgan fingerprint density at radius 1 is 1.05 bits per heavy atom. The van der Waals surface area contributed by atoms with Crippen molar-refractivity contribution in [3.63, 3.8) is 0 Å². The zero-order valence-corrected chi connectivity index (χ0v) is 25.0. The van der Waals surface area contributed by atoms with Crippen LogP contribution in [0.2, 0.25) is 10.0 Å². The van der Waals surface area contributed by atoms with Crippen molar-refractivity contribution in [3.05, 3.63) is 92.7 Å². The number of aryl methyl sites for hydroxylation is 1. The largest absolute Gasteiger partial charge is 0.496 e. The quantitative estimate of drug-likeness (QED) is 0.292. The summed E-state index contributed by atoms with van der Waals surface area (Å²) >= 11 is 12.8. The maximum absolute atomic E-state index is 14.5. The summed E-state index contributed by atoms with van der Waals surface area (Å²) < 4.78 is 7.58. The number of nitrogens with one attached hydrogen (secondary N) is 2. The van der Waals surface area contributed by atoms with Crippen LogP contribution in [0.15, 0.2) is 54.6 Å². The molecule has 42 heavy (non-hydrogen) atoms. The van der Waals surface area contributed by atoms with Gasteiger partial charge in [-0.1, -0.05) is 35.3 Å². The van der Waals surface area contributed by atoms with Crippen LogP contribution >= 0.6 is 23.2 Å². The Morgan fingerprint density at radius 3 is 2.45 bits per heavy atom. The van der Waals surface area contributed by atoms with Gasteiger partial charge in [0.25, 0.3) is 17.7 Å². The summed E-state index contributed by atoms with van der Waals surface area (Å²) in [4.78, 5) is 47.6. The second-order valence-electron chi connectivity index (χ2n) is 10.5. The van der Waals surface area contributed by atoms with Crippen molar-refractivity contribution < 1.29 is 19.1 Å². The molecule has 3 heterocycles. The van der Waals surface area contributed by atoms with Crippen LogP contribution in [0.3, 0.4) is 0 Å². The molecule has 9 nitrogen and oxygen atoms in total. The number of carbonyl (C=O) groups excluding carboxylic acids is 3. The number of methoxy groups -OCH3 is 1. The highest BCUT2D eigenvalue weighted by Gasteiger charge is 2.64. The molecule has 0 radical (unpaired) electrons. The first-order chi connectivity index (χ1) is 20.0. The van der Waals surface area contributed by atoms with Gasteiger partial charge in [-0.15, -0.1) is 0 Å². The van der Waals surface area contributed by atoms with Gasteiger partial charge in [0.1, 0.15) is 11.6 Å². The molecule has 2 aliphatic heterocycles. The Morgan fingerprint density at radius 2 is 1.76 bits per heavy atom. The molecule has 3 aromatic carbocycles. The van der Waals surface area contributed by atoms with E-state index in [1.807, 2.05) is 31.4 Å². The molecule has 0 bridgehead atoms. The number of hydrogen-bond donors (Lipinski definition) is 2. The van der Waals surface area contributed by atoms with Gasteiger partial charge in [0.05, 0.1) is 24.1 Å². The van der Waals surface area contributed by atoms with Crippen molar-refractivity contribution in [2.45, 2.75) is 32.4 Å². The van der Waals surface area contributed by atoms with Crippen molar-refractivity contribution in [3.8, 4) is 17.1 Å². The maximum atomic E-state index is 14.5. The molecule has 0 unspecified atom stereocenters. The summed E-state index contributed by atoms with van der Waals surface area (Å²) in [6.45, 7) is 5.77. The van der Waals surface area contributed by atoms with Gasteiger partial charge in [-0.3, -0.25) is 19.3 Å². The average Bonchev–Trinajstić information content (AvgIpc) is 3.57. The number of halogens is 2. The van der Waals surface area contributed by atoms with Crippen LogP contribution in [-0.2, 0) is 10.3 Å². The van der Waals surface area contributed by atoms with Gasteiger partial charge in [0, 0.05) is 39.9 Å². The molecule has 0 aliphatic carbocycles. The van der Waals surface area contributed by atoms with E-state index in [-0.39, 0.29) is 17.6 Å². The van der Waals surface area contributed by atoms with Gasteiger partial charge in [0.2, 0.25) is 0 Å². The van der Waals surface area contributed by atoms with E-state index in [1.165, 1.54) is 12.0 Å². The number of rotatable bonds is 5. The molecular formula is C31H27Cl2N5O4. The van der Waals surface area contributed by atoms with Gasteiger partial charge >= 0.3 is 0 Å². The van der Waals surface area contributed by atoms with Gasteiger partial charge in [0.15, 0.2) is 11.2 Å². The molecule has 214 valence electrons. The fourth-order valence-corrected chi connectivity index (χ4v) is 6.33. The first-order valence-corrected chi connectivity index (χ1v) is 14.1. The fraction of sp³-hybridized carbons (Fsp3) is 0.226. The number of ether oxygens (including phenoxy) is 1. The van der Waals surface area contributed by atoms with Crippen LogP contribution in [0.1, 0.15) is 57.6 Å². The molecule has 2 aliphatic rings. The number of fused-ring (bicyclic) bond motifs is 4. The third-order valence-corrected chi connectivity index (χ3v) is 8.27. The summed E-state index contributed by atoms with van der Waals surface area (Å²) in [5.41, 5.74) is 2.25. The number of benzene rings is 3. The van der Waals surface area contributed by atoms with Crippen LogP contribution in [0.25, 0.3) is 11.4 Å². The van der Waals surface area contributed by atoms with E-state index in [4.69, 9.17) is 32.9 Å². The van der Waals surface area contributed by atoms with Crippen molar-refractivity contribution in [2.75, 3.05) is 24.4 Å². The lowest BCUT2D eigenvalue weighted by Gasteiger charge is -2.36. The molecule has 4 aromatic rings. The van der Waals surface area contributed by atoms with E-state index in [2.05, 4.69) is 10.6 Å². The smallest absolute Gasteiger partial charge is 0.280 e. The molecule has 2 N–H and O–H groups in total. The summed E-state index contributed by atoms with van der Waals surface area (Å²) in [5, 5.41) is 6.45. The van der Waals surface area contributed by atoms with Gasteiger partial charge in [-0.25, -0.2) is 4.98 Å². The molecule has 11 heteroatoms. The molecule has 0 saturated heterocycles. The van der Waals surface area contributed by atoms with E-state index >= 15 is 0 Å². The Bertz CT molecular complexity index is 1830. The first-order valence-electron chi connectivity index (χ1n) is 13.3. The number of imidazole rings is 1. The van der Waals surface area contributed by atoms with Crippen LogP contribution in [0, 0.1) is 6.92 Å². The summed E-state index contributed by atoms with van der Waals surface area (Å²) in [5.74, 6) is -0.306. The lowest BCUT2D eigenvalue weighted by molar-refractivity contribution is -0.119. The molecule has 0 fully saturated rings. The molecular weight excluding hydrogens is 577 g/mol. The van der Waals surface area contributed by atoms with Crippen LogP contribution in [0.4, 0.5) is 11.4 Å². The lowest BCUT2D eigenvalue weighted by atomic mass is 9.86. The first kappa shape index (κ1) is 27.8. The Hall–Kier alpha value is -4.34. The zero-order valence-electron chi connectivity index (χ0n) is 23.5. The van der Waals surface area contributed by atoms with Gasteiger partial charge in [-0.05, 0) is 68.8 Å². The highest BCUT2D eigenvalue weighted by Crippen LogP contribution is 2.55. The van der Waals surface area contributed by atoms with Crippen molar-refractivity contribution in [1.82, 2.24) is 14.9 Å². The normalized spacial score (nSPS) is 17.1. The number of anilines is 2. The minimum atomic E-state index is -1.60. The van der Waals surface area contributed by atoms with E-state index in [0.29, 0.717) is 55.4 Å². The molecule has 0 saturated carbocycles. The number of hydrogen-bond acceptors (Lipinski definition) is 5. The van der Waals surface area contributed by atoms with Crippen LogP contribution in [0.5, 0.6) is 5.75 Å². The maximum Gasteiger partial charge on any atom is 0.280 e. The average molecular weight is 604 g/mol. The third kappa shape index (κ3) is 3.77. The number of aromatic nitrogens is 2. The van der Waals surface area contributed by atoms with Crippen molar-refractivity contribution in [2.24, 2.45) is 0 Å². The molecule has 6 rings (SSSR count). The monoisotopic (exact) mass is 603 g/mol. The lowest BCUT2D eigenvalue weighted by Crippen LogP contribution is -2.51. The Labute approximate surface area is 252 Å². The number of nitrogens with zero attached hydrogens (tertiary/aromatic N) is 3. The second kappa shape index (κ2) is 9.89. The van der Waals surface area contributed by atoms with Crippen LogP contribution < -0.4 is 20.3 Å². The number of carbonyl (C=O) groups is 3. The second-order valence-corrected chi connectivity index (χ2v) is 11.4. The van der Waals surface area contributed by atoms with Gasteiger partial charge in [-0.2, -0.15) is 0 Å². The predicted molar refractivity (Wildman–Crippen MR) is 162 cm³/mol. The Balaban J connectivity index is 1.70. The van der Waals surface area contributed by atoms with Crippen molar-refractivity contribution in [1.29, 1.82) is 0 Å². The van der Waals surface area contributed by atoms with E-state index in [1.54, 1.807) is 55.6 Å². The molecule has 3 amide bonds. The fourth-order valence-electron chi connectivity index (χ4n) is 5.99. The molecule has 1 spiro atoms. The standard InChI is InChI=1S/C31H27Cl2N5O4/c1-15(2)37-26-25(36-27(37)20-10-7-17(28(39)34-4)12-24(20)42-5)29(40)38(23-14-19(33)8-6-16(23)3)31(26)21-11-9-18(32)13-22(21)35-30(31)41/h6-15H,1-5H3,(H,34,39)(H,35,41)/t31-/m1/s1. The highest BCUT2D eigenvalue weighted by molar-refractivity contribution is 6.32. The SMILES string of the molecule is CNC(=O)c1ccc(-c2nc3c(n2C(C)C)[C@]2(C(=O)Nc4cc(Cl)ccc42)N(c2cc(Cl)ccc2C)C3=O)c(OC)c1. The minimum Gasteiger partial charge on any atom is -0.496 e. The topological polar surface area (TPSA) is 106 Å². The predicted octanol–water partition coefficient (Wildman–Crippen LogP) is 5.97. The van der Waals surface area contributed by atoms with E-state index in [0.717, 1.165) is 5.56 Å². The summed E-state index contributed by atoms with van der Waals surface area (Å²) in [6, 6.07) is 15.2. The highest BCUT2D eigenvalue weighted by atomic mass is 35.5. The zero-order chi connectivity index (χ0) is 30.1. The summed E-state index contributed by atoms with van der Waals surface area (Å²) in [7, 11) is 3.05. The van der Waals surface area contributed by atoms with Gasteiger partial charge < -0.3 is 19.9 Å². The third-order valence-electron chi connectivity index (χ3n) is 7.80. The molecule has 1 atom stereocenters. The minimum absolute atomic E-state index is 0.133. The summed E-state index contributed by atoms with van der Waals surface area (Å²) in [6.07, 6.45) is 0.